The molecule has 3 aromatic rings. The van der Waals surface area contributed by atoms with E-state index in [1.807, 2.05) is 24.5 Å². The zero-order chi connectivity index (χ0) is 17.8. The Labute approximate surface area is 152 Å². The molecule has 3 rings (SSSR count). The molecule has 7 nitrogen and oxygen atoms in total. The van der Waals surface area contributed by atoms with Crippen molar-refractivity contribution in [3.05, 3.63) is 64.0 Å². The van der Waals surface area contributed by atoms with Crippen molar-refractivity contribution in [3.63, 3.8) is 0 Å². The number of thioether (sulfide) groups is 1. The molecule has 1 amide bonds. The van der Waals surface area contributed by atoms with Gasteiger partial charge in [-0.2, -0.15) is 9.36 Å². The highest BCUT2D eigenvalue weighted by Gasteiger charge is 2.14. The van der Waals surface area contributed by atoms with Crippen LogP contribution in [0.25, 0.3) is 5.69 Å². The standard InChI is InChI=1S/C16H14ClN5O2S/c1-25-12-6-4-5-11(9-12)18-15(23)10-21-16(24)22(20-19-21)14-8-3-2-7-13(14)17/h2-9H,10H2,1H3,(H,18,23). The molecule has 0 fully saturated rings. The van der Waals surface area contributed by atoms with Crippen LogP contribution in [0.4, 0.5) is 5.69 Å². The number of carbonyl (C=O) groups is 1. The van der Waals surface area contributed by atoms with Gasteiger partial charge in [-0.1, -0.05) is 29.8 Å². The summed E-state index contributed by atoms with van der Waals surface area (Å²) in [5.74, 6) is -0.369. The van der Waals surface area contributed by atoms with Crippen LogP contribution >= 0.6 is 23.4 Å². The summed E-state index contributed by atoms with van der Waals surface area (Å²) in [5.41, 5.74) is 0.526. The smallest absolute Gasteiger partial charge is 0.324 e. The predicted octanol–water partition coefficient (Wildman–Crippen LogP) is 2.44. The number of rotatable bonds is 5. The first kappa shape index (κ1) is 17.2. The third-order valence-electron chi connectivity index (χ3n) is 3.37. The molecule has 2 aromatic carbocycles. The number of nitrogens with one attached hydrogen (secondary N) is 1. The molecule has 0 aliphatic carbocycles. The van der Waals surface area contributed by atoms with Crippen LogP contribution in [-0.4, -0.2) is 32.0 Å². The van der Waals surface area contributed by atoms with E-state index in [1.165, 1.54) is 0 Å². The van der Waals surface area contributed by atoms with Gasteiger partial charge in [-0.3, -0.25) is 4.79 Å². The van der Waals surface area contributed by atoms with Crippen LogP contribution in [0.1, 0.15) is 0 Å². The second-order valence-corrected chi connectivity index (χ2v) is 6.35. The van der Waals surface area contributed by atoms with Gasteiger partial charge in [0.15, 0.2) is 0 Å². The second-order valence-electron chi connectivity index (χ2n) is 5.06. The number of halogens is 1. The lowest BCUT2D eigenvalue weighted by atomic mass is 10.3. The zero-order valence-electron chi connectivity index (χ0n) is 13.2. The molecule has 0 spiro atoms. The Hall–Kier alpha value is -2.58. The van der Waals surface area contributed by atoms with Crippen molar-refractivity contribution in [2.45, 2.75) is 11.4 Å². The van der Waals surface area contributed by atoms with Gasteiger partial charge in [0.2, 0.25) is 5.91 Å². The van der Waals surface area contributed by atoms with E-state index in [9.17, 15) is 9.59 Å². The molecule has 0 aliphatic rings. The van der Waals surface area contributed by atoms with Crippen molar-refractivity contribution in [3.8, 4) is 5.69 Å². The van der Waals surface area contributed by atoms with Gasteiger partial charge in [-0.05, 0) is 47.0 Å². The quantitative estimate of drug-likeness (QED) is 0.693. The Bertz CT molecular complexity index is 969. The fraction of sp³-hybridized carbons (Fsp3) is 0.125. The Kier molecular flexibility index (Phi) is 5.20. The molecule has 0 atom stereocenters. The number of nitrogens with zero attached hydrogens (tertiary/aromatic N) is 4. The normalized spacial score (nSPS) is 10.6. The summed E-state index contributed by atoms with van der Waals surface area (Å²) in [6.07, 6.45) is 1.95. The molecule has 1 aromatic heterocycles. The van der Waals surface area contributed by atoms with Gasteiger partial charge in [-0.15, -0.1) is 11.8 Å². The summed E-state index contributed by atoms with van der Waals surface area (Å²) in [5, 5.41) is 10.6. The lowest BCUT2D eigenvalue weighted by Gasteiger charge is -2.05. The minimum Gasteiger partial charge on any atom is -0.324 e. The van der Waals surface area contributed by atoms with E-state index in [0.29, 0.717) is 16.4 Å². The number of hydrogen-bond donors (Lipinski definition) is 1. The van der Waals surface area contributed by atoms with Gasteiger partial charge in [0.1, 0.15) is 6.54 Å². The van der Waals surface area contributed by atoms with Gasteiger partial charge in [0.05, 0.1) is 10.7 Å². The number of tetrazole rings is 1. The third-order valence-corrected chi connectivity index (χ3v) is 4.41. The minimum absolute atomic E-state index is 0.243. The number of aromatic nitrogens is 4. The van der Waals surface area contributed by atoms with Crippen LogP contribution in [0.3, 0.4) is 0 Å². The Morgan fingerprint density at radius 1 is 1.20 bits per heavy atom. The van der Waals surface area contributed by atoms with Crippen LogP contribution in [-0.2, 0) is 11.3 Å². The number of amides is 1. The lowest BCUT2D eigenvalue weighted by Crippen LogP contribution is -2.29. The topological polar surface area (TPSA) is 81.8 Å². The Morgan fingerprint density at radius 3 is 2.76 bits per heavy atom. The summed E-state index contributed by atoms with van der Waals surface area (Å²) in [7, 11) is 0. The molecule has 0 unspecified atom stereocenters. The van der Waals surface area contributed by atoms with Crippen molar-refractivity contribution in [2.24, 2.45) is 0 Å². The van der Waals surface area contributed by atoms with E-state index < -0.39 is 5.69 Å². The third kappa shape index (κ3) is 3.92. The Balaban J connectivity index is 1.76. The van der Waals surface area contributed by atoms with E-state index >= 15 is 0 Å². The van der Waals surface area contributed by atoms with E-state index in [1.54, 1.807) is 42.1 Å². The molecule has 0 aliphatic heterocycles. The molecule has 0 radical (unpaired) electrons. The highest BCUT2D eigenvalue weighted by molar-refractivity contribution is 7.98. The number of para-hydroxylation sites is 1. The first-order chi connectivity index (χ1) is 12.1. The van der Waals surface area contributed by atoms with Crippen LogP contribution in [0, 0.1) is 0 Å². The molecule has 9 heteroatoms. The number of anilines is 1. The SMILES string of the molecule is CSc1cccc(NC(=O)Cn2nnn(-c3ccccc3Cl)c2=O)c1. The van der Waals surface area contributed by atoms with E-state index in [4.69, 9.17) is 11.6 Å². The average Bonchev–Trinajstić information content (AvgIpc) is 2.96. The summed E-state index contributed by atoms with van der Waals surface area (Å²) in [6, 6.07) is 14.2. The number of carbonyl (C=O) groups excluding carboxylic acids is 1. The number of benzene rings is 2. The van der Waals surface area contributed by atoms with Crippen LogP contribution < -0.4 is 11.0 Å². The summed E-state index contributed by atoms with van der Waals surface area (Å²) in [4.78, 5) is 25.6. The summed E-state index contributed by atoms with van der Waals surface area (Å²) >= 11 is 7.64. The van der Waals surface area contributed by atoms with Gasteiger partial charge >= 0.3 is 5.69 Å². The second kappa shape index (κ2) is 7.54. The highest BCUT2D eigenvalue weighted by atomic mass is 35.5. The molecule has 128 valence electrons. The lowest BCUT2D eigenvalue weighted by molar-refractivity contribution is -0.117. The van der Waals surface area contributed by atoms with Crippen LogP contribution in [0.15, 0.2) is 58.2 Å². The fourth-order valence-corrected chi connectivity index (χ4v) is 2.86. The van der Waals surface area contributed by atoms with Crippen molar-refractivity contribution in [1.29, 1.82) is 0 Å². The van der Waals surface area contributed by atoms with E-state index in [-0.39, 0.29) is 12.5 Å². The maximum Gasteiger partial charge on any atom is 0.369 e. The molecule has 1 N–H and O–H groups in total. The van der Waals surface area contributed by atoms with Gasteiger partial charge < -0.3 is 5.32 Å². The highest BCUT2D eigenvalue weighted by Crippen LogP contribution is 2.19. The largest absolute Gasteiger partial charge is 0.369 e. The van der Waals surface area contributed by atoms with Crippen molar-refractivity contribution >= 4 is 35.0 Å². The maximum atomic E-state index is 12.4. The molecular weight excluding hydrogens is 362 g/mol. The van der Waals surface area contributed by atoms with Gasteiger partial charge in [-0.25, -0.2) is 4.79 Å². The van der Waals surface area contributed by atoms with Crippen molar-refractivity contribution < 1.29 is 4.79 Å². The molecular formula is C16H14ClN5O2S. The monoisotopic (exact) mass is 375 g/mol. The fourth-order valence-electron chi connectivity index (χ4n) is 2.19. The Morgan fingerprint density at radius 2 is 2.00 bits per heavy atom. The van der Waals surface area contributed by atoms with Gasteiger partial charge in [0, 0.05) is 10.6 Å². The van der Waals surface area contributed by atoms with Crippen LogP contribution in [0.2, 0.25) is 5.02 Å². The average molecular weight is 376 g/mol. The first-order valence-corrected chi connectivity index (χ1v) is 8.90. The van der Waals surface area contributed by atoms with Crippen LogP contribution in [0.5, 0.6) is 0 Å². The van der Waals surface area contributed by atoms with Crippen molar-refractivity contribution in [2.75, 3.05) is 11.6 Å². The predicted molar refractivity (Wildman–Crippen MR) is 97.5 cm³/mol. The minimum atomic E-state index is -0.541. The molecule has 25 heavy (non-hydrogen) atoms. The van der Waals surface area contributed by atoms with Gasteiger partial charge in [0.25, 0.3) is 0 Å². The maximum absolute atomic E-state index is 12.4. The summed E-state index contributed by atoms with van der Waals surface area (Å²) < 4.78 is 2.04. The molecule has 0 saturated heterocycles. The molecule has 0 saturated carbocycles. The van der Waals surface area contributed by atoms with Crippen molar-refractivity contribution in [1.82, 2.24) is 19.8 Å². The first-order valence-electron chi connectivity index (χ1n) is 7.30. The molecule has 1 heterocycles. The molecule has 0 bridgehead atoms. The van der Waals surface area contributed by atoms with E-state index in [2.05, 4.69) is 15.7 Å². The van der Waals surface area contributed by atoms with E-state index in [0.717, 1.165) is 14.3 Å². The zero-order valence-corrected chi connectivity index (χ0v) is 14.8. The number of hydrogen-bond acceptors (Lipinski definition) is 5. The summed E-state index contributed by atoms with van der Waals surface area (Å²) in [6.45, 7) is -0.243.